The third-order valence-corrected chi connectivity index (χ3v) is 1.04. The Bertz CT molecular complexity index is 241. The maximum absolute atomic E-state index is 10.6. The molecule has 0 atom stereocenters. The van der Waals surface area contributed by atoms with Gasteiger partial charge in [-0.25, -0.2) is 0 Å². The Balaban J connectivity index is 0.000000810. The number of hydrogen-bond donors (Lipinski definition) is 2. The van der Waals surface area contributed by atoms with E-state index >= 15 is 0 Å². The van der Waals surface area contributed by atoms with E-state index in [9.17, 15) is 4.79 Å². The van der Waals surface area contributed by atoms with Crippen LogP contribution in [0.3, 0.4) is 0 Å². The highest BCUT2D eigenvalue weighted by atomic mass is 16.1. The summed E-state index contributed by atoms with van der Waals surface area (Å²) >= 11 is 0. The van der Waals surface area contributed by atoms with E-state index in [1.165, 1.54) is 12.1 Å². The molecule has 0 bridgehead atoms. The molecule has 0 saturated heterocycles. The number of aromatic nitrogens is 1. The third kappa shape index (κ3) is 1.93. The quantitative estimate of drug-likeness (QED) is 0.612. The number of pyridine rings is 1. The van der Waals surface area contributed by atoms with Crippen LogP contribution < -0.4 is 10.7 Å². The molecule has 1 aromatic rings. The molecule has 0 aliphatic carbocycles. The lowest BCUT2D eigenvalue weighted by atomic mass is 10.4. The van der Waals surface area contributed by atoms with Crippen molar-refractivity contribution in [2.75, 3.05) is 12.4 Å². The van der Waals surface area contributed by atoms with Crippen molar-refractivity contribution in [3.05, 3.63) is 28.6 Å². The van der Waals surface area contributed by atoms with E-state index in [1.807, 2.05) is 0 Å². The average molecular weight is 140 g/mol. The van der Waals surface area contributed by atoms with Crippen LogP contribution in [-0.2, 0) is 0 Å². The van der Waals surface area contributed by atoms with Gasteiger partial charge >= 0.3 is 0 Å². The van der Waals surface area contributed by atoms with Crippen molar-refractivity contribution in [3.8, 4) is 0 Å². The lowest BCUT2D eigenvalue weighted by Crippen LogP contribution is -2.00. The van der Waals surface area contributed by atoms with Crippen molar-refractivity contribution >= 4 is 5.82 Å². The number of hydrogen-bond acceptors (Lipinski definition) is 2. The van der Waals surface area contributed by atoms with Gasteiger partial charge in [0.25, 0.3) is 0 Å². The van der Waals surface area contributed by atoms with Gasteiger partial charge in [0.2, 0.25) is 0 Å². The summed E-state index contributed by atoms with van der Waals surface area (Å²) in [6, 6.07) is 2.97. The molecule has 1 rings (SSSR count). The van der Waals surface area contributed by atoms with E-state index in [0.717, 1.165) is 5.82 Å². The SMILES string of the molecule is C.CNc1cc(=O)cc[nH]1. The number of aromatic amines is 1. The molecule has 1 heterocycles. The average Bonchev–Trinajstić information content (AvgIpc) is 1.88. The predicted molar refractivity (Wildman–Crippen MR) is 43.3 cm³/mol. The first kappa shape index (κ1) is 8.75. The summed E-state index contributed by atoms with van der Waals surface area (Å²) in [5.41, 5.74) is 0.0121. The van der Waals surface area contributed by atoms with Crippen molar-refractivity contribution in [2.45, 2.75) is 7.43 Å². The first-order valence-electron chi connectivity index (χ1n) is 2.69. The van der Waals surface area contributed by atoms with Crippen LogP contribution in [0.1, 0.15) is 7.43 Å². The summed E-state index contributed by atoms with van der Waals surface area (Å²) in [6.45, 7) is 0. The fourth-order valence-electron chi connectivity index (χ4n) is 0.590. The first-order valence-corrected chi connectivity index (χ1v) is 2.69. The summed E-state index contributed by atoms with van der Waals surface area (Å²) in [6.07, 6.45) is 1.61. The summed E-state index contributed by atoms with van der Waals surface area (Å²) in [7, 11) is 1.76. The molecule has 0 radical (unpaired) electrons. The van der Waals surface area contributed by atoms with Gasteiger partial charge in [-0.3, -0.25) is 4.79 Å². The van der Waals surface area contributed by atoms with Gasteiger partial charge < -0.3 is 10.3 Å². The van der Waals surface area contributed by atoms with Crippen LogP contribution in [0.5, 0.6) is 0 Å². The third-order valence-electron chi connectivity index (χ3n) is 1.04. The normalized spacial score (nSPS) is 8.10. The van der Waals surface area contributed by atoms with Crippen LogP contribution in [0, 0.1) is 0 Å². The molecule has 0 saturated carbocycles. The van der Waals surface area contributed by atoms with Crippen LogP contribution in [0.2, 0.25) is 0 Å². The van der Waals surface area contributed by atoms with Crippen molar-refractivity contribution in [1.82, 2.24) is 4.98 Å². The van der Waals surface area contributed by atoms with Crippen LogP contribution in [0.15, 0.2) is 23.1 Å². The summed E-state index contributed by atoms with van der Waals surface area (Å²) in [4.78, 5) is 13.4. The van der Waals surface area contributed by atoms with Gasteiger partial charge in [0.05, 0.1) is 0 Å². The summed E-state index contributed by atoms with van der Waals surface area (Å²) < 4.78 is 0. The zero-order valence-electron chi connectivity index (χ0n) is 5.14. The fourth-order valence-corrected chi connectivity index (χ4v) is 0.590. The standard InChI is InChI=1S/C6H8N2O.CH4/c1-7-6-4-5(9)2-3-8-6;/h2-4H,1H3,(H2,7,8,9);1H4. The Morgan fingerprint density at radius 1 is 1.60 bits per heavy atom. The topological polar surface area (TPSA) is 44.9 Å². The van der Waals surface area contributed by atoms with Crippen molar-refractivity contribution in [2.24, 2.45) is 0 Å². The molecule has 0 aromatic carbocycles. The zero-order chi connectivity index (χ0) is 6.69. The lowest BCUT2D eigenvalue weighted by Gasteiger charge is -1.94. The molecule has 0 spiro atoms. The second kappa shape index (κ2) is 3.71. The van der Waals surface area contributed by atoms with Gasteiger partial charge in [0, 0.05) is 25.4 Å². The first-order chi connectivity index (χ1) is 4.33. The molecule has 3 nitrogen and oxygen atoms in total. The largest absolute Gasteiger partial charge is 0.375 e. The van der Waals surface area contributed by atoms with E-state index in [1.54, 1.807) is 13.2 Å². The second-order valence-electron chi connectivity index (χ2n) is 1.69. The second-order valence-corrected chi connectivity index (χ2v) is 1.69. The Morgan fingerprint density at radius 3 is 2.70 bits per heavy atom. The molecule has 2 N–H and O–H groups in total. The zero-order valence-corrected chi connectivity index (χ0v) is 5.14. The number of H-pyrrole nitrogens is 1. The molecule has 0 aliphatic heterocycles. The van der Waals surface area contributed by atoms with Gasteiger partial charge in [-0.15, -0.1) is 0 Å². The Labute approximate surface area is 60.1 Å². The van der Waals surface area contributed by atoms with Crippen LogP contribution in [0.4, 0.5) is 5.82 Å². The molecule has 1 aromatic heterocycles. The fraction of sp³-hybridized carbons (Fsp3) is 0.286. The van der Waals surface area contributed by atoms with Crippen LogP contribution in [0.25, 0.3) is 0 Å². The number of rotatable bonds is 1. The van der Waals surface area contributed by atoms with Gasteiger partial charge in [0.1, 0.15) is 5.82 Å². The Kier molecular flexibility index (Phi) is 3.25. The van der Waals surface area contributed by atoms with Crippen molar-refractivity contribution in [3.63, 3.8) is 0 Å². The van der Waals surface area contributed by atoms with E-state index in [2.05, 4.69) is 10.3 Å². The lowest BCUT2D eigenvalue weighted by molar-refractivity contribution is 1.27. The summed E-state index contributed by atoms with van der Waals surface area (Å²) in [5.74, 6) is 0.738. The molecule has 0 aliphatic rings. The minimum absolute atomic E-state index is 0. The Morgan fingerprint density at radius 2 is 2.30 bits per heavy atom. The van der Waals surface area contributed by atoms with Gasteiger partial charge in [-0.1, -0.05) is 7.43 Å². The molecule has 10 heavy (non-hydrogen) atoms. The highest BCUT2D eigenvalue weighted by Crippen LogP contribution is 1.90. The number of anilines is 1. The maximum atomic E-state index is 10.6. The Hall–Kier alpha value is -1.25. The highest BCUT2D eigenvalue weighted by Gasteiger charge is 1.84. The van der Waals surface area contributed by atoms with Gasteiger partial charge in [0.15, 0.2) is 5.43 Å². The van der Waals surface area contributed by atoms with Gasteiger partial charge in [-0.05, 0) is 0 Å². The summed E-state index contributed by atoms with van der Waals surface area (Å²) in [5, 5.41) is 2.81. The van der Waals surface area contributed by atoms with E-state index < -0.39 is 0 Å². The molecule has 0 unspecified atom stereocenters. The molecular weight excluding hydrogens is 128 g/mol. The van der Waals surface area contributed by atoms with E-state index in [-0.39, 0.29) is 12.9 Å². The number of nitrogens with one attached hydrogen (secondary N) is 2. The van der Waals surface area contributed by atoms with E-state index in [0.29, 0.717) is 0 Å². The maximum Gasteiger partial charge on any atom is 0.183 e. The van der Waals surface area contributed by atoms with Crippen LogP contribution >= 0.6 is 0 Å². The smallest absolute Gasteiger partial charge is 0.183 e. The predicted octanol–water partition coefficient (Wildman–Crippen LogP) is 1.05. The van der Waals surface area contributed by atoms with Gasteiger partial charge in [-0.2, -0.15) is 0 Å². The van der Waals surface area contributed by atoms with E-state index in [4.69, 9.17) is 0 Å². The highest BCUT2D eigenvalue weighted by molar-refractivity contribution is 5.31. The van der Waals surface area contributed by atoms with Crippen molar-refractivity contribution in [1.29, 1.82) is 0 Å². The minimum Gasteiger partial charge on any atom is -0.375 e. The molecule has 0 fully saturated rings. The molecule has 0 amide bonds. The van der Waals surface area contributed by atoms with Crippen molar-refractivity contribution < 1.29 is 0 Å². The minimum atomic E-state index is 0. The van der Waals surface area contributed by atoms with Crippen LogP contribution in [-0.4, -0.2) is 12.0 Å². The molecule has 56 valence electrons. The molecule has 3 heteroatoms. The molecular formula is C7H12N2O. The monoisotopic (exact) mass is 140 g/mol.